The van der Waals surface area contributed by atoms with Gasteiger partial charge in [0.25, 0.3) is 5.56 Å². The Morgan fingerprint density at radius 1 is 1.47 bits per heavy atom. The third-order valence-electron chi connectivity index (χ3n) is 3.36. The molecular formula is C11H12N4O4. The fourth-order valence-electron chi connectivity index (χ4n) is 2.24. The monoisotopic (exact) mass is 264 g/mol. The summed E-state index contributed by atoms with van der Waals surface area (Å²) in [5.74, 6) is 0. The number of hydrogen-bond acceptors (Lipinski definition) is 6. The van der Waals surface area contributed by atoms with Crippen LogP contribution in [0.1, 0.15) is 6.04 Å². The standard InChI is InChI=1S/C11H12N4O4/c16-3-11(19)2-1-6(8(11)17)15-5-14-7-9(15)12-4-13-10(7)18/h1-2,4-6,8,16-17,19H,3H2,(H,12,13,18)/t6-,8+,11+/m1/s1. The van der Waals surface area contributed by atoms with Crippen molar-refractivity contribution in [1.29, 1.82) is 0 Å². The molecule has 8 nitrogen and oxygen atoms in total. The summed E-state index contributed by atoms with van der Waals surface area (Å²) in [6.07, 6.45) is 4.25. The summed E-state index contributed by atoms with van der Waals surface area (Å²) in [6, 6.07) is -0.642. The number of nitrogens with one attached hydrogen (secondary N) is 1. The van der Waals surface area contributed by atoms with Crippen LogP contribution in [-0.2, 0) is 0 Å². The van der Waals surface area contributed by atoms with Crippen molar-refractivity contribution in [1.82, 2.24) is 19.5 Å². The van der Waals surface area contributed by atoms with E-state index in [1.54, 1.807) is 6.08 Å². The first-order valence-electron chi connectivity index (χ1n) is 5.68. The molecule has 2 aromatic heterocycles. The van der Waals surface area contributed by atoms with E-state index in [2.05, 4.69) is 15.0 Å². The maximum atomic E-state index is 11.5. The largest absolute Gasteiger partial charge is 0.393 e. The molecule has 0 radical (unpaired) electrons. The maximum Gasteiger partial charge on any atom is 0.278 e. The van der Waals surface area contributed by atoms with Gasteiger partial charge in [-0.15, -0.1) is 0 Å². The number of H-pyrrole nitrogens is 1. The van der Waals surface area contributed by atoms with Gasteiger partial charge in [-0.3, -0.25) is 4.79 Å². The van der Waals surface area contributed by atoms with Crippen LogP contribution in [0.15, 0.2) is 29.6 Å². The zero-order chi connectivity index (χ0) is 13.6. The van der Waals surface area contributed by atoms with E-state index in [9.17, 15) is 15.0 Å². The maximum absolute atomic E-state index is 11.5. The first-order chi connectivity index (χ1) is 9.07. The molecule has 3 atom stereocenters. The van der Waals surface area contributed by atoms with E-state index in [-0.39, 0.29) is 11.1 Å². The van der Waals surface area contributed by atoms with Gasteiger partial charge in [-0.25, -0.2) is 9.97 Å². The minimum Gasteiger partial charge on any atom is -0.393 e. The van der Waals surface area contributed by atoms with Crippen LogP contribution >= 0.6 is 0 Å². The summed E-state index contributed by atoms with van der Waals surface area (Å²) in [5, 5.41) is 29.1. The van der Waals surface area contributed by atoms with Gasteiger partial charge in [-0.2, -0.15) is 0 Å². The van der Waals surface area contributed by atoms with E-state index in [1.165, 1.54) is 23.3 Å². The van der Waals surface area contributed by atoms with Crippen molar-refractivity contribution < 1.29 is 15.3 Å². The lowest BCUT2D eigenvalue weighted by Gasteiger charge is -2.27. The topological polar surface area (TPSA) is 124 Å². The zero-order valence-electron chi connectivity index (χ0n) is 9.76. The number of aliphatic hydroxyl groups excluding tert-OH is 2. The minimum absolute atomic E-state index is 0.155. The second-order valence-electron chi connectivity index (χ2n) is 4.50. The van der Waals surface area contributed by atoms with Crippen molar-refractivity contribution in [2.75, 3.05) is 6.61 Å². The van der Waals surface area contributed by atoms with Gasteiger partial charge in [-0.05, 0) is 6.08 Å². The van der Waals surface area contributed by atoms with Crippen LogP contribution < -0.4 is 5.56 Å². The number of aromatic amines is 1. The number of hydrogen-bond donors (Lipinski definition) is 4. The molecule has 3 rings (SSSR count). The Labute approximate surface area is 106 Å². The van der Waals surface area contributed by atoms with Gasteiger partial charge in [0.2, 0.25) is 0 Å². The van der Waals surface area contributed by atoms with E-state index < -0.39 is 24.4 Å². The molecule has 0 saturated carbocycles. The van der Waals surface area contributed by atoms with Crippen molar-refractivity contribution in [2.24, 2.45) is 0 Å². The van der Waals surface area contributed by atoms with Gasteiger partial charge in [0.15, 0.2) is 11.2 Å². The number of fused-ring (bicyclic) bond motifs is 1. The average molecular weight is 264 g/mol. The van der Waals surface area contributed by atoms with Crippen LogP contribution in [-0.4, -0.2) is 53.2 Å². The van der Waals surface area contributed by atoms with E-state index in [1.807, 2.05) is 0 Å². The van der Waals surface area contributed by atoms with Crippen molar-refractivity contribution in [3.63, 3.8) is 0 Å². The minimum atomic E-state index is -1.69. The highest BCUT2D eigenvalue weighted by atomic mass is 16.4. The molecule has 1 aliphatic rings. The van der Waals surface area contributed by atoms with Gasteiger partial charge < -0.3 is 24.9 Å². The molecule has 0 aliphatic heterocycles. The average Bonchev–Trinajstić information content (AvgIpc) is 2.95. The molecule has 19 heavy (non-hydrogen) atoms. The van der Waals surface area contributed by atoms with Crippen LogP contribution in [0.3, 0.4) is 0 Å². The van der Waals surface area contributed by atoms with Gasteiger partial charge in [0.1, 0.15) is 11.7 Å². The van der Waals surface area contributed by atoms with Crippen molar-refractivity contribution in [3.05, 3.63) is 35.2 Å². The second-order valence-corrected chi connectivity index (χ2v) is 4.50. The molecule has 0 saturated heterocycles. The second kappa shape index (κ2) is 3.98. The van der Waals surface area contributed by atoms with Gasteiger partial charge >= 0.3 is 0 Å². The van der Waals surface area contributed by atoms with Gasteiger partial charge in [0.05, 0.1) is 25.3 Å². The highest BCUT2D eigenvalue weighted by Gasteiger charge is 2.43. The SMILES string of the molecule is O=c1[nH]cnc2c1ncn2[C@@H]1C=C[C@](O)(CO)[C@H]1O. The fraction of sp³-hybridized carbons (Fsp3) is 0.364. The molecule has 8 heteroatoms. The zero-order valence-corrected chi connectivity index (χ0v) is 9.76. The third-order valence-corrected chi connectivity index (χ3v) is 3.36. The number of aliphatic hydroxyl groups is 3. The molecule has 4 N–H and O–H groups in total. The molecule has 0 spiro atoms. The third kappa shape index (κ3) is 1.61. The Hall–Kier alpha value is -2.03. The number of imidazole rings is 1. The Balaban J connectivity index is 2.10. The predicted octanol–water partition coefficient (Wildman–Crippen LogP) is -1.69. The number of aromatic nitrogens is 4. The lowest BCUT2D eigenvalue weighted by molar-refractivity contribution is -0.0737. The molecular weight excluding hydrogens is 252 g/mol. The molecule has 2 heterocycles. The van der Waals surface area contributed by atoms with Crippen LogP contribution in [0.25, 0.3) is 11.2 Å². The lowest BCUT2D eigenvalue weighted by atomic mass is 10.00. The number of rotatable bonds is 2. The molecule has 0 aromatic carbocycles. The number of nitrogens with zero attached hydrogens (tertiary/aromatic N) is 3. The van der Waals surface area contributed by atoms with Crippen molar-refractivity contribution >= 4 is 11.2 Å². The highest BCUT2D eigenvalue weighted by molar-refractivity contribution is 5.69. The van der Waals surface area contributed by atoms with E-state index in [4.69, 9.17) is 5.11 Å². The van der Waals surface area contributed by atoms with E-state index >= 15 is 0 Å². The van der Waals surface area contributed by atoms with Gasteiger partial charge in [0, 0.05) is 0 Å². The Morgan fingerprint density at radius 3 is 2.95 bits per heavy atom. The van der Waals surface area contributed by atoms with Crippen LogP contribution in [0.2, 0.25) is 0 Å². The fourth-order valence-corrected chi connectivity index (χ4v) is 2.24. The quantitative estimate of drug-likeness (QED) is 0.480. The van der Waals surface area contributed by atoms with Crippen molar-refractivity contribution in [3.8, 4) is 0 Å². The molecule has 0 amide bonds. The first-order valence-corrected chi connectivity index (χ1v) is 5.68. The highest BCUT2D eigenvalue weighted by Crippen LogP contribution is 2.32. The molecule has 1 aliphatic carbocycles. The van der Waals surface area contributed by atoms with Gasteiger partial charge in [-0.1, -0.05) is 6.08 Å². The normalized spacial score (nSPS) is 30.3. The Bertz CT molecular complexity index is 706. The van der Waals surface area contributed by atoms with E-state index in [0.29, 0.717) is 5.65 Å². The lowest BCUT2D eigenvalue weighted by Crippen LogP contribution is -2.44. The molecule has 100 valence electrons. The summed E-state index contributed by atoms with van der Waals surface area (Å²) in [4.78, 5) is 21.9. The summed E-state index contributed by atoms with van der Waals surface area (Å²) < 4.78 is 1.49. The molecule has 2 aromatic rings. The Kier molecular flexibility index (Phi) is 2.52. The van der Waals surface area contributed by atoms with Crippen molar-refractivity contribution in [2.45, 2.75) is 17.7 Å². The van der Waals surface area contributed by atoms with Crippen LogP contribution in [0.5, 0.6) is 0 Å². The molecule has 0 fully saturated rings. The van der Waals surface area contributed by atoms with Crippen LogP contribution in [0, 0.1) is 0 Å². The van der Waals surface area contributed by atoms with E-state index in [0.717, 1.165) is 0 Å². The molecule has 0 bridgehead atoms. The summed E-state index contributed by atoms with van der Waals surface area (Å²) in [5.41, 5.74) is -1.61. The Morgan fingerprint density at radius 2 is 2.26 bits per heavy atom. The summed E-state index contributed by atoms with van der Waals surface area (Å²) in [6.45, 7) is -0.595. The first kappa shape index (κ1) is 12.0. The molecule has 0 unspecified atom stereocenters. The summed E-state index contributed by atoms with van der Waals surface area (Å²) in [7, 11) is 0. The van der Waals surface area contributed by atoms with Crippen LogP contribution in [0.4, 0.5) is 0 Å². The smallest absolute Gasteiger partial charge is 0.278 e. The predicted molar refractivity (Wildman–Crippen MR) is 64.4 cm³/mol. The summed E-state index contributed by atoms with van der Waals surface area (Å²) >= 11 is 0.